The summed E-state index contributed by atoms with van der Waals surface area (Å²) in [6.07, 6.45) is -2.61. The summed E-state index contributed by atoms with van der Waals surface area (Å²) in [4.78, 5) is 24.1. The Morgan fingerprint density at radius 2 is 2.09 bits per heavy atom. The molecule has 11 nitrogen and oxygen atoms in total. The molecule has 0 bridgehead atoms. The van der Waals surface area contributed by atoms with Gasteiger partial charge in [-0.1, -0.05) is 37.2 Å². The maximum Gasteiger partial charge on any atom is 0.472 e. The Morgan fingerprint density at radius 3 is 2.82 bits per heavy atom. The third-order valence-corrected chi connectivity index (χ3v) is 7.58. The number of imidazole rings is 1. The van der Waals surface area contributed by atoms with E-state index in [0.29, 0.717) is 39.6 Å². The molecule has 2 aliphatic rings. The van der Waals surface area contributed by atoms with Crippen molar-refractivity contribution in [3.63, 3.8) is 0 Å². The van der Waals surface area contributed by atoms with E-state index in [9.17, 15) is 14.6 Å². The largest absolute Gasteiger partial charge is 0.472 e. The minimum Gasteiger partial charge on any atom is -0.386 e. The minimum atomic E-state index is -4.26. The van der Waals surface area contributed by atoms with Gasteiger partial charge < -0.3 is 20.1 Å². The van der Waals surface area contributed by atoms with Crippen LogP contribution in [0.15, 0.2) is 40.6 Å². The second-order valence-electron chi connectivity index (χ2n) is 8.38. The summed E-state index contributed by atoms with van der Waals surface area (Å²) >= 11 is 7.36. The number of nitrogens with one attached hydrogen (secondary N) is 1. The zero-order valence-electron chi connectivity index (χ0n) is 18.2. The molecule has 2 saturated heterocycles. The predicted octanol–water partition coefficient (Wildman–Crippen LogP) is 3.47. The number of phosphoric ester groups is 1. The normalized spacial score (nSPS) is 29.0. The van der Waals surface area contributed by atoms with Crippen LogP contribution in [0.2, 0.25) is 5.02 Å². The molecule has 34 heavy (non-hydrogen) atoms. The number of rotatable bonds is 6. The van der Waals surface area contributed by atoms with Crippen molar-refractivity contribution in [2.45, 2.75) is 48.4 Å². The van der Waals surface area contributed by atoms with Crippen molar-refractivity contribution in [2.75, 3.05) is 18.5 Å². The first-order valence-corrected chi connectivity index (χ1v) is 13.3. The number of aliphatic hydroxyl groups excluding tert-OH is 1. The molecule has 14 heteroatoms. The minimum absolute atomic E-state index is 0.186. The topological polar surface area (TPSA) is 141 Å². The number of hydrogen-bond acceptors (Lipinski definition) is 10. The first-order valence-electron chi connectivity index (χ1n) is 10.6. The van der Waals surface area contributed by atoms with Gasteiger partial charge in [0.2, 0.25) is 0 Å². The first-order chi connectivity index (χ1) is 16.2. The van der Waals surface area contributed by atoms with Crippen molar-refractivity contribution >= 4 is 48.2 Å². The van der Waals surface area contributed by atoms with Crippen molar-refractivity contribution in [3.05, 3.63) is 35.6 Å². The van der Waals surface area contributed by atoms with E-state index < -0.39 is 32.4 Å². The van der Waals surface area contributed by atoms with E-state index in [1.54, 1.807) is 16.7 Å². The van der Waals surface area contributed by atoms with E-state index in [-0.39, 0.29) is 6.61 Å². The molecule has 4 heterocycles. The molecule has 0 radical (unpaired) electrons. The van der Waals surface area contributed by atoms with Gasteiger partial charge in [-0.25, -0.2) is 19.5 Å². The molecule has 3 aromatic rings. The third-order valence-electron chi connectivity index (χ3n) is 5.37. The lowest BCUT2D eigenvalue weighted by Gasteiger charge is -2.27. The zero-order valence-corrected chi connectivity index (χ0v) is 20.7. The average Bonchev–Trinajstić information content (AvgIpc) is 3.30. The van der Waals surface area contributed by atoms with Crippen LogP contribution in [0.3, 0.4) is 0 Å². The van der Waals surface area contributed by atoms with Gasteiger partial charge in [-0.2, -0.15) is 0 Å². The van der Waals surface area contributed by atoms with Crippen LogP contribution in [-0.4, -0.2) is 61.0 Å². The third kappa shape index (κ3) is 4.69. The Balaban J connectivity index is 1.58. The summed E-state index contributed by atoms with van der Waals surface area (Å²) in [5.41, 5.74) is 0.948. The Hall–Kier alpha value is -1.76. The van der Waals surface area contributed by atoms with E-state index in [1.165, 1.54) is 18.1 Å². The molecule has 2 fully saturated rings. The number of fused-ring (bicyclic) bond motifs is 2. The first kappa shape index (κ1) is 24.0. The molecule has 1 aromatic carbocycles. The Morgan fingerprint density at radius 1 is 1.32 bits per heavy atom. The highest BCUT2D eigenvalue weighted by Crippen LogP contribution is 2.53. The Bertz CT molecular complexity index is 1240. The summed E-state index contributed by atoms with van der Waals surface area (Å²) in [7, 11) is -4.26. The molecule has 0 amide bonds. The van der Waals surface area contributed by atoms with Crippen molar-refractivity contribution in [1.29, 1.82) is 0 Å². The number of halogens is 1. The van der Waals surface area contributed by atoms with Gasteiger partial charge in [0, 0.05) is 16.5 Å². The van der Waals surface area contributed by atoms with Gasteiger partial charge >= 0.3 is 7.82 Å². The Labute approximate surface area is 204 Å². The van der Waals surface area contributed by atoms with Crippen LogP contribution in [0.1, 0.15) is 20.1 Å². The molecule has 1 unspecified atom stereocenters. The molecule has 2 aromatic heterocycles. The van der Waals surface area contributed by atoms with Gasteiger partial charge in [0.25, 0.3) is 0 Å². The summed E-state index contributed by atoms with van der Waals surface area (Å²) in [6, 6.07) is 7.24. The molecule has 0 aliphatic carbocycles. The van der Waals surface area contributed by atoms with Crippen molar-refractivity contribution in [3.8, 4) is 0 Å². The fourth-order valence-corrected chi connectivity index (χ4v) is 5.78. The van der Waals surface area contributed by atoms with Gasteiger partial charge in [0.1, 0.15) is 24.6 Å². The van der Waals surface area contributed by atoms with Crippen LogP contribution in [0.5, 0.6) is 0 Å². The highest BCUT2D eigenvalue weighted by atomic mass is 35.5. The van der Waals surface area contributed by atoms with Crippen LogP contribution < -0.4 is 5.32 Å². The Kier molecular flexibility index (Phi) is 6.60. The molecule has 182 valence electrons. The number of aromatic nitrogens is 4. The molecular weight excluding hydrogens is 505 g/mol. The molecule has 2 aliphatic heterocycles. The van der Waals surface area contributed by atoms with E-state index in [2.05, 4.69) is 29.1 Å². The number of phosphoric acid groups is 1. The lowest BCUT2D eigenvalue weighted by molar-refractivity contribution is -0.0684. The average molecular weight is 528 g/mol. The highest BCUT2D eigenvalue weighted by Gasteiger charge is 2.53. The smallest absolute Gasteiger partial charge is 0.386 e. The number of aliphatic hydroxyl groups is 1. The molecule has 3 N–H and O–H groups in total. The van der Waals surface area contributed by atoms with E-state index in [0.717, 1.165) is 4.90 Å². The molecular formula is C20H23ClN5O6PS. The fourth-order valence-electron chi connectivity index (χ4n) is 3.78. The monoisotopic (exact) mass is 527 g/mol. The van der Waals surface area contributed by atoms with Gasteiger partial charge in [-0.15, -0.1) is 0 Å². The van der Waals surface area contributed by atoms with Crippen LogP contribution in [0.25, 0.3) is 11.2 Å². The second-order valence-corrected chi connectivity index (χ2v) is 11.3. The number of anilines is 1. The standard InChI is InChI=1S/C20H23ClN5O6PS/c1-10(2)7-22-17-14-18(24-9-23-17)26(20(25-14)34-12-5-3-11(21)4-6-12)19-15(27)16-13(31-19)8-30-33(28,29)32-16/h3-6,9-10,13,15-16,19,27H,7-8H2,1-2H3,(H,28,29)(H,22,23,24)/t13-,15-,16-,19-/m1/s1. The van der Waals surface area contributed by atoms with Gasteiger partial charge in [0.15, 0.2) is 28.4 Å². The second kappa shape index (κ2) is 9.36. The van der Waals surface area contributed by atoms with Crippen molar-refractivity contribution in [1.82, 2.24) is 19.5 Å². The van der Waals surface area contributed by atoms with Gasteiger partial charge in [-0.05, 0) is 30.2 Å². The fraction of sp³-hybridized carbons (Fsp3) is 0.450. The van der Waals surface area contributed by atoms with Gasteiger partial charge in [-0.3, -0.25) is 13.6 Å². The van der Waals surface area contributed by atoms with E-state index >= 15 is 0 Å². The lowest BCUT2D eigenvalue weighted by Crippen LogP contribution is -2.39. The number of ether oxygens (including phenoxy) is 1. The van der Waals surface area contributed by atoms with E-state index in [1.807, 2.05) is 12.1 Å². The van der Waals surface area contributed by atoms with E-state index in [4.69, 9.17) is 30.4 Å². The molecule has 0 spiro atoms. The van der Waals surface area contributed by atoms with Crippen LogP contribution in [0.4, 0.5) is 5.82 Å². The predicted molar refractivity (Wildman–Crippen MR) is 125 cm³/mol. The van der Waals surface area contributed by atoms with Crippen LogP contribution in [0, 0.1) is 5.92 Å². The number of hydrogen-bond donors (Lipinski definition) is 3. The molecule has 0 saturated carbocycles. The SMILES string of the molecule is CC(C)CNc1ncnc2c1nc(Sc1ccc(Cl)cc1)n2[C@@H]1O[C@@H]2COP(=O)(O)O[C@H]2[C@H]1O. The maximum atomic E-state index is 11.9. The van der Waals surface area contributed by atoms with Crippen LogP contribution in [-0.2, 0) is 18.3 Å². The number of nitrogens with zero attached hydrogens (tertiary/aromatic N) is 4. The lowest BCUT2D eigenvalue weighted by atomic mass is 10.1. The number of benzene rings is 1. The molecule has 5 atom stereocenters. The summed E-state index contributed by atoms with van der Waals surface area (Å²) in [6.45, 7) is 4.66. The summed E-state index contributed by atoms with van der Waals surface area (Å²) < 4.78 is 29.6. The summed E-state index contributed by atoms with van der Waals surface area (Å²) in [5, 5.41) is 15.4. The highest BCUT2D eigenvalue weighted by molar-refractivity contribution is 7.99. The van der Waals surface area contributed by atoms with Crippen molar-refractivity contribution in [2.24, 2.45) is 5.92 Å². The van der Waals surface area contributed by atoms with Gasteiger partial charge in [0.05, 0.1) is 6.61 Å². The quantitative estimate of drug-likeness (QED) is 0.406. The maximum absolute atomic E-state index is 11.9. The molecule has 5 rings (SSSR count). The van der Waals surface area contributed by atoms with Crippen LogP contribution >= 0.6 is 31.2 Å². The zero-order chi connectivity index (χ0) is 24.0. The summed E-state index contributed by atoms with van der Waals surface area (Å²) in [5.74, 6) is 0.934. The van der Waals surface area contributed by atoms with Crippen molar-refractivity contribution < 1.29 is 28.3 Å².